The molecule has 2 aliphatic rings. The molecule has 2 aromatic carbocycles. The zero-order chi connectivity index (χ0) is 32.6. The summed E-state index contributed by atoms with van der Waals surface area (Å²) in [5.74, 6) is -0.433. The van der Waals surface area contributed by atoms with Crippen LogP contribution in [0.3, 0.4) is 0 Å². The Labute approximate surface area is 268 Å². The van der Waals surface area contributed by atoms with Crippen molar-refractivity contribution in [1.29, 1.82) is 0 Å². The summed E-state index contributed by atoms with van der Waals surface area (Å²) >= 11 is 0. The van der Waals surface area contributed by atoms with Gasteiger partial charge in [0, 0.05) is 23.3 Å². The van der Waals surface area contributed by atoms with Crippen molar-refractivity contribution in [3.8, 4) is 22.9 Å². The summed E-state index contributed by atoms with van der Waals surface area (Å²) in [6.45, 7) is 7.45. The Kier molecular flexibility index (Phi) is 8.65. The van der Waals surface area contributed by atoms with Gasteiger partial charge in [0.05, 0.1) is 41.2 Å². The van der Waals surface area contributed by atoms with Crippen molar-refractivity contribution in [3.05, 3.63) is 89.0 Å². The number of amides is 1. The van der Waals surface area contributed by atoms with Crippen LogP contribution >= 0.6 is 0 Å². The third kappa shape index (κ3) is 6.96. The Bertz CT molecular complexity index is 1880. The molecule has 10 nitrogen and oxygen atoms in total. The predicted molar refractivity (Wildman–Crippen MR) is 171 cm³/mol. The monoisotopic (exact) mass is 645 g/mol. The average molecular weight is 646 g/mol. The molecule has 0 unspecified atom stereocenters. The van der Waals surface area contributed by atoms with Gasteiger partial charge in [-0.2, -0.15) is 4.98 Å². The molecule has 2 aromatic heterocycles. The standard InChI is InChI=1S/C34H36FN5O5S/c1-20(2)45-26-15-28(35)30(36-17-26)18-40-25(13-23-11-12-23)19-44-31-16-29(32-21(3)7-5-8-22(32)4)37-34(38-31)39-46(42,43)27-10-6-9-24(14-27)33(40)41/h5-10,14-17,20,23,25H,11-13,18-19H2,1-4H3,(H,37,38,39)/t25-/m1/s1. The highest BCUT2D eigenvalue weighted by Crippen LogP contribution is 2.36. The number of hydrogen-bond acceptors (Lipinski definition) is 8. The molecule has 0 spiro atoms. The largest absolute Gasteiger partial charge is 0.489 e. The number of fused-ring (bicyclic) bond motifs is 4. The molecule has 1 N–H and O–H groups in total. The van der Waals surface area contributed by atoms with E-state index >= 15 is 4.39 Å². The number of aromatic nitrogens is 3. The summed E-state index contributed by atoms with van der Waals surface area (Å²) in [5.41, 5.74) is 3.41. The van der Waals surface area contributed by atoms with E-state index in [4.69, 9.17) is 9.47 Å². The molecule has 1 saturated carbocycles. The van der Waals surface area contributed by atoms with Gasteiger partial charge in [-0.15, -0.1) is 0 Å². The minimum Gasteiger partial charge on any atom is -0.489 e. The first-order chi connectivity index (χ1) is 22.0. The van der Waals surface area contributed by atoms with Crippen molar-refractivity contribution in [3.63, 3.8) is 0 Å². The fraction of sp³-hybridized carbons (Fsp3) is 0.353. The summed E-state index contributed by atoms with van der Waals surface area (Å²) in [5, 5.41) is 0. The third-order valence-corrected chi connectivity index (χ3v) is 9.39. The number of carbonyl (C=O) groups excluding carboxylic acids is 1. The van der Waals surface area contributed by atoms with Crippen LogP contribution in [-0.4, -0.2) is 52.9 Å². The second kappa shape index (κ2) is 12.7. The molecule has 46 heavy (non-hydrogen) atoms. The van der Waals surface area contributed by atoms with Gasteiger partial charge in [0.1, 0.15) is 18.2 Å². The second-order valence-corrected chi connectivity index (χ2v) is 13.8. The lowest BCUT2D eigenvalue weighted by Gasteiger charge is -2.32. The van der Waals surface area contributed by atoms with E-state index in [1.54, 1.807) is 12.1 Å². The minimum absolute atomic E-state index is 0.0352. The van der Waals surface area contributed by atoms with E-state index in [9.17, 15) is 13.2 Å². The fourth-order valence-corrected chi connectivity index (χ4v) is 6.66. The summed E-state index contributed by atoms with van der Waals surface area (Å²) in [6, 6.07) is 14.0. The van der Waals surface area contributed by atoms with Crippen LogP contribution in [0.15, 0.2) is 65.7 Å². The van der Waals surface area contributed by atoms with Crippen molar-refractivity contribution in [2.45, 2.75) is 70.5 Å². The Balaban J connectivity index is 1.45. The number of sulfonamides is 1. The molecule has 3 heterocycles. The van der Waals surface area contributed by atoms with E-state index in [1.165, 1.54) is 35.4 Å². The van der Waals surface area contributed by atoms with Crippen LogP contribution in [0.2, 0.25) is 0 Å². The lowest BCUT2D eigenvalue weighted by Crippen LogP contribution is -2.44. The van der Waals surface area contributed by atoms with Crippen molar-refractivity contribution >= 4 is 21.9 Å². The SMILES string of the molecule is Cc1cccc(C)c1-c1cc2nc(n1)NS(=O)(=O)c1cccc(c1)C(=O)N(Cc1ncc(OC(C)C)cc1F)[C@H](CC1CC1)CO2. The number of halogens is 1. The molecule has 0 saturated heterocycles. The fourth-order valence-electron chi connectivity index (χ4n) is 5.67. The van der Waals surface area contributed by atoms with Crippen molar-refractivity contribution in [2.75, 3.05) is 11.3 Å². The number of rotatable bonds is 7. The van der Waals surface area contributed by atoms with Crippen molar-refractivity contribution < 1.29 is 27.1 Å². The maximum Gasteiger partial charge on any atom is 0.264 e. The zero-order valence-corrected chi connectivity index (χ0v) is 27.0. The van der Waals surface area contributed by atoms with Gasteiger partial charge in [-0.3, -0.25) is 9.78 Å². The molecule has 0 radical (unpaired) electrons. The minimum atomic E-state index is -4.21. The van der Waals surface area contributed by atoms with Crippen LogP contribution in [0.25, 0.3) is 11.3 Å². The van der Waals surface area contributed by atoms with Crippen LogP contribution in [-0.2, 0) is 16.6 Å². The van der Waals surface area contributed by atoms with Crippen molar-refractivity contribution in [2.24, 2.45) is 5.92 Å². The molecular formula is C34H36FN5O5S. The summed E-state index contributed by atoms with van der Waals surface area (Å²) in [7, 11) is -4.21. The van der Waals surface area contributed by atoms with Gasteiger partial charge in [-0.25, -0.2) is 22.5 Å². The maximum atomic E-state index is 15.4. The molecule has 1 aliphatic carbocycles. The quantitative estimate of drug-likeness (QED) is 0.256. The lowest BCUT2D eigenvalue weighted by atomic mass is 10.00. The topological polar surface area (TPSA) is 124 Å². The van der Waals surface area contributed by atoms with Gasteiger partial charge in [0.25, 0.3) is 15.9 Å². The highest BCUT2D eigenvalue weighted by atomic mass is 32.2. The van der Waals surface area contributed by atoms with Crippen LogP contribution < -0.4 is 14.2 Å². The van der Waals surface area contributed by atoms with E-state index in [1.807, 2.05) is 45.9 Å². The van der Waals surface area contributed by atoms with E-state index < -0.39 is 27.8 Å². The molecule has 6 rings (SSSR count). The Morgan fingerprint density at radius 3 is 2.50 bits per heavy atom. The molecule has 1 atom stereocenters. The van der Waals surface area contributed by atoms with Crippen LogP contribution in [0, 0.1) is 25.6 Å². The average Bonchev–Trinajstić information content (AvgIpc) is 3.82. The molecular weight excluding hydrogens is 609 g/mol. The summed E-state index contributed by atoms with van der Waals surface area (Å²) < 4.78 is 56.9. The Hall–Kier alpha value is -4.58. The van der Waals surface area contributed by atoms with Gasteiger partial charge < -0.3 is 14.4 Å². The molecule has 4 bridgehead atoms. The second-order valence-electron chi connectivity index (χ2n) is 12.2. The van der Waals surface area contributed by atoms with Gasteiger partial charge in [0.2, 0.25) is 11.8 Å². The predicted octanol–water partition coefficient (Wildman–Crippen LogP) is 6.09. The number of benzene rings is 2. The molecule has 240 valence electrons. The smallest absolute Gasteiger partial charge is 0.264 e. The van der Waals surface area contributed by atoms with Gasteiger partial charge in [0.15, 0.2) is 0 Å². The highest BCUT2D eigenvalue weighted by Gasteiger charge is 2.34. The third-order valence-electron chi connectivity index (χ3n) is 8.07. The van der Waals surface area contributed by atoms with E-state index in [2.05, 4.69) is 19.7 Å². The number of pyridine rings is 1. The first kappa shape index (κ1) is 31.4. The molecule has 1 amide bonds. The van der Waals surface area contributed by atoms with Crippen LogP contribution in [0.4, 0.5) is 10.3 Å². The van der Waals surface area contributed by atoms with Gasteiger partial charge in [-0.1, -0.05) is 37.1 Å². The van der Waals surface area contributed by atoms with Gasteiger partial charge in [-0.05, 0) is 69.4 Å². The normalized spacial score (nSPS) is 17.7. The maximum absolute atomic E-state index is 15.4. The van der Waals surface area contributed by atoms with Crippen molar-refractivity contribution in [1.82, 2.24) is 19.9 Å². The number of ether oxygens (including phenoxy) is 2. The highest BCUT2D eigenvalue weighted by molar-refractivity contribution is 7.92. The van der Waals surface area contributed by atoms with Gasteiger partial charge >= 0.3 is 0 Å². The zero-order valence-electron chi connectivity index (χ0n) is 26.2. The van der Waals surface area contributed by atoms with Crippen LogP contribution in [0.5, 0.6) is 11.6 Å². The Morgan fingerprint density at radius 1 is 1.07 bits per heavy atom. The number of hydrogen-bond donors (Lipinski definition) is 1. The summed E-state index contributed by atoms with van der Waals surface area (Å²) in [6.07, 6.45) is 3.91. The van der Waals surface area contributed by atoms with E-state index in [0.717, 1.165) is 29.5 Å². The molecule has 1 fully saturated rings. The first-order valence-electron chi connectivity index (χ1n) is 15.3. The molecule has 4 aromatic rings. The number of carbonyl (C=O) groups is 1. The van der Waals surface area contributed by atoms with Crippen LogP contribution in [0.1, 0.15) is 60.3 Å². The Morgan fingerprint density at radius 2 is 1.80 bits per heavy atom. The van der Waals surface area contributed by atoms with E-state index in [-0.39, 0.29) is 53.0 Å². The molecule has 12 heteroatoms. The molecule has 1 aliphatic heterocycles. The number of nitrogens with zero attached hydrogens (tertiary/aromatic N) is 4. The number of aryl methyl sites for hydroxylation is 2. The summed E-state index contributed by atoms with van der Waals surface area (Å²) in [4.78, 5) is 28.9. The first-order valence-corrected chi connectivity index (χ1v) is 16.8. The lowest BCUT2D eigenvalue weighted by molar-refractivity contribution is 0.0558. The van der Waals surface area contributed by atoms with E-state index in [0.29, 0.717) is 18.0 Å². The number of nitrogens with one attached hydrogen (secondary N) is 1. The number of anilines is 1.